The van der Waals surface area contributed by atoms with E-state index in [-0.39, 0.29) is 0 Å². The fourth-order valence-corrected chi connectivity index (χ4v) is 2.72. The van der Waals surface area contributed by atoms with Crippen molar-refractivity contribution in [2.24, 2.45) is 4.13 Å². The predicted molar refractivity (Wildman–Crippen MR) is 73.8 cm³/mol. The van der Waals surface area contributed by atoms with Crippen molar-refractivity contribution in [1.82, 2.24) is 0 Å². The summed E-state index contributed by atoms with van der Waals surface area (Å²) in [5.74, 6) is 0.591. The van der Waals surface area contributed by atoms with Crippen LogP contribution in [0.5, 0.6) is 11.5 Å². The number of benzene rings is 2. The highest BCUT2D eigenvalue weighted by Crippen LogP contribution is 2.51. The summed E-state index contributed by atoms with van der Waals surface area (Å²) >= 11 is -1.98. The third-order valence-electron chi connectivity index (χ3n) is 1.98. The van der Waals surface area contributed by atoms with Gasteiger partial charge in [-0.05, 0) is 24.3 Å². The maximum absolute atomic E-state index is 12.6. The molecule has 0 heterocycles. The van der Waals surface area contributed by atoms with Gasteiger partial charge in [0.05, 0.1) is 0 Å². The minimum Gasteiger partial charge on any atom is -0.386 e. The first kappa shape index (κ1) is 14.7. The molecule has 0 aliphatic carbocycles. The molecule has 0 aromatic heterocycles. The fraction of sp³-hybridized carbons (Fsp3) is 0. The molecule has 0 saturated heterocycles. The Labute approximate surface area is 117 Å². The first-order chi connectivity index (χ1) is 9.53. The number of hydrogen-bond acceptors (Lipinski definition) is 3. The lowest BCUT2D eigenvalue weighted by atomic mass is 10.3. The first-order valence-electron chi connectivity index (χ1n) is 5.47. The summed E-state index contributed by atoms with van der Waals surface area (Å²) in [5.41, 5.74) is 0. The van der Waals surface area contributed by atoms with Gasteiger partial charge < -0.3 is 8.37 Å². The Morgan fingerprint density at radius 2 is 1.25 bits per heavy atom. The smallest absolute Gasteiger partial charge is 0.386 e. The number of para-hydroxylation sites is 2. The van der Waals surface area contributed by atoms with E-state index in [1.165, 1.54) is 0 Å². The van der Waals surface area contributed by atoms with Crippen LogP contribution in [0.1, 0.15) is 0 Å². The molecule has 4 nitrogen and oxygen atoms in total. The van der Waals surface area contributed by atoms with Crippen LogP contribution in [-0.2, 0) is 15.8 Å². The van der Waals surface area contributed by atoms with E-state index in [0.29, 0.717) is 11.5 Å². The zero-order chi connectivity index (χ0) is 14.4. The summed E-state index contributed by atoms with van der Waals surface area (Å²) in [6.07, 6.45) is 0. The Morgan fingerprint density at radius 1 is 0.850 bits per heavy atom. The molecule has 0 spiro atoms. The molecular formula is C12H10F2NO3PS. The van der Waals surface area contributed by atoms with Crippen LogP contribution in [0.2, 0.25) is 0 Å². The van der Waals surface area contributed by atoms with Gasteiger partial charge in [-0.1, -0.05) is 40.5 Å². The van der Waals surface area contributed by atoms with Crippen LogP contribution < -0.4 is 8.37 Å². The maximum Gasteiger partial charge on any atom is 0.541 e. The van der Waals surface area contributed by atoms with Crippen LogP contribution in [0.15, 0.2) is 64.8 Å². The number of halogens is 2. The van der Waals surface area contributed by atoms with Crippen LogP contribution in [0.25, 0.3) is 0 Å². The second-order valence-corrected chi connectivity index (χ2v) is 5.82. The highest BCUT2D eigenvalue weighted by atomic mass is 32.2. The molecule has 0 aliphatic heterocycles. The monoisotopic (exact) mass is 317 g/mol. The lowest BCUT2D eigenvalue weighted by molar-refractivity contribution is 0.491. The molecular weight excluding hydrogens is 307 g/mol. The Bertz CT molecular complexity index is 590. The summed E-state index contributed by atoms with van der Waals surface area (Å²) in [4.78, 5) is 0. The van der Waals surface area contributed by atoms with Crippen LogP contribution in [0.3, 0.4) is 0 Å². The Hall–Kier alpha value is -1.72. The Morgan fingerprint density at radius 3 is 1.60 bits per heavy atom. The summed E-state index contributed by atoms with van der Waals surface area (Å²) in [6, 6.07) is 16.4. The lowest BCUT2D eigenvalue weighted by Crippen LogP contribution is -2.07. The van der Waals surface area contributed by atoms with E-state index >= 15 is 0 Å². The quantitative estimate of drug-likeness (QED) is 0.743. The van der Waals surface area contributed by atoms with Crippen LogP contribution >= 0.6 is 7.91 Å². The molecule has 0 saturated carbocycles. The average Bonchev–Trinajstić information content (AvgIpc) is 2.39. The highest BCUT2D eigenvalue weighted by Gasteiger charge is 2.21. The van der Waals surface area contributed by atoms with Gasteiger partial charge in [-0.3, -0.25) is 0 Å². The summed E-state index contributed by atoms with van der Waals surface area (Å²) in [5, 5.41) is 0. The molecule has 2 rings (SSSR count). The van der Waals surface area contributed by atoms with E-state index in [1.54, 1.807) is 60.7 Å². The third-order valence-corrected chi connectivity index (χ3v) is 3.95. The van der Waals surface area contributed by atoms with Gasteiger partial charge in [-0.2, -0.15) is 0 Å². The van der Waals surface area contributed by atoms with Gasteiger partial charge >= 0.3 is 19.2 Å². The van der Waals surface area contributed by atoms with Crippen molar-refractivity contribution in [1.29, 1.82) is 0 Å². The molecule has 2 aromatic rings. The molecule has 8 heteroatoms. The van der Waals surface area contributed by atoms with Crippen molar-refractivity contribution < 1.29 is 21.3 Å². The van der Waals surface area contributed by atoms with Gasteiger partial charge in [0.15, 0.2) is 0 Å². The van der Waals surface area contributed by atoms with E-state index in [0.717, 1.165) is 0 Å². The molecule has 0 atom stereocenters. The van der Waals surface area contributed by atoms with Crippen molar-refractivity contribution >= 4 is 19.2 Å². The molecule has 0 radical (unpaired) electrons. The SMILES string of the molecule is O=P(F)(F)N=S(Oc1ccccc1)Oc1ccccc1. The second kappa shape index (κ2) is 6.63. The molecule has 0 N–H and O–H groups in total. The van der Waals surface area contributed by atoms with Crippen molar-refractivity contribution in [2.45, 2.75) is 0 Å². The van der Waals surface area contributed by atoms with Gasteiger partial charge in [0.2, 0.25) is 0 Å². The number of nitrogens with zero attached hydrogens (tertiary/aromatic N) is 1. The molecule has 20 heavy (non-hydrogen) atoms. The number of rotatable bonds is 5. The van der Waals surface area contributed by atoms with Gasteiger partial charge in [-0.25, -0.2) is 4.57 Å². The van der Waals surface area contributed by atoms with E-state index in [9.17, 15) is 13.0 Å². The van der Waals surface area contributed by atoms with Gasteiger partial charge in [-0.15, -0.1) is 8.39 Å². The maximum atomic E-state index is 12.6. The lowest BCUT2D eigenvalue weighted by Gasteiger charge is -2.09. The Kier molecular flexibility index (Phi) is 4.87. The van der Waals surface area contributed by atoms with Crippen molar-refractivity contribution in [2.75, 3.05) is 0 Å². The standard InChI is InChI=1S/C12H10F2NO3PS/c13-19(14,16)15-20(17-11-7-3-1-4-8-11)18-12-9-5-2-6-10-12/h1-10H. The van der Waals surface area contributed by atoms with Gasteiger partial charge in [0.25, 0.3) is 0 Å². The normalized spacial score (nSPS) is 11.2. The molecule has 0 aliphatic rings. The minimum absolute atomic E-state index is 0.295. The van der Waals surface area contributed by atoms with Gasteiger partial charge in [0.1, 0.15) is 11.5 Å². The fourth-order valence-electron chi connectivity index (χ4n) is 1.24. The summed E-state index contributed by atoms with van der Waals surface area (Å²) < 4.78 is 48.9. The molecule has 0 unspecified atom stereocenters. The van der Waals surface area contributed by atoms with E-state index < -0.39 is 19.2 Å². The predicted octanol–water partition coefficient (Wildman–Crippen LogP) is 4.82. The second-order valence-electron chi connectivity index (χ2n) is 3.53. The van der Waals surface area contributed by atoms with Crippen LogP contribution in [-0.4, -0.2) is 0 Å². The molecule has 0 bridgehead atoms. The van der Waals surface area contributed by atoms with E-state index in [1.807, 2.05) is 0 Å². The van der Waals surface area contributed by atoms with Crippen molar-refractivity contribution in [3.05, 3.63) is 60.7 Å². The first-order valence-corrected chi connectivity index (χ1v) is 7.94. The molecule has 106 valence electrons. The zero-order valence-electron chi connectivity index (χ0n) is 10.1. The van der Waals surface area contributed by atoms with Gasteiger partial charge in [0, 0.05) is 0 Å². The summed E-state index contributed by atoms with van der Waals surface area (Å²) in [7, 11) is -5.61. The molecule has 0 amide bonds. The third kappa shape index (κ3) is 5.11. The largest absolute Gasteiger partial charge is 0.541 e. The topological polar surface area (TPSA) is 47.9 Å². The minimum atomic E-state index is -5.61. The van der Waals surface area contributed by atoms with Crippen LogP contribution in [0, 0.1) is 0 Å². The molecule has 0 fully saturated rings. The van der Waals surface area contributed by atoms with Crippen molar-refractivity contribution in [3.8, 4) is 11.5 Å². The average molecular weight is 317 g/mol. The van der Waals surface area contributed by atoms with Crippen molar-refractivity contribution in [3.63, 3.8) is 0 Å². The summed E-state index contributed by atoms with van der Waals surface area (Å²) in [6.45, 7) is 0. The Balaban J connectivity index is 2.22. The van der Waals surface area contributed by atoms with E-state index in [4.69, 9.17) is 8.37 Å². The number of hydrogen-bond donors (Lipinski definition) is 0. The van der Waals surface area contributed by atoms with E-state index in [2.05, 4.69) is 4.13 Å². The molecule has 2 aromatic carbocycles. The van der Waals surface area contributed by atoms with Crippen LogP contribution in [0.4, 0.5) is 8.39 Å². The highest BCUT2D eigenvalue weighted by molar-refractivity contribution is 7.82. The zero-order valence-corrected chi connectivity index (χ0v) is 11.8.